The number of ether oxygens (including phenoxy) is 1. The number of halogens is 2. The summed E-state index contributed by atoms with van der Waals surface area (Å²) >= 11 is 0. The van der Waals surface area contributed by atoms with E-state index in [9.17, 15) is 13.6 Å². The number of rotatable bonds is 4. The molecule has 0 fully saturated rings. The average molecular weight is 330 g/mol. The first-order chi connectivity index (χ1) is 11.5. The third-order valence-electron chi connectivity index (χ3n) is 3.15. The third-order valence-corrected chi connectivity index (χ3v) is 3.15. The van der Waals surface area contributed by atoms with Crippen LogP contribution in [-0.4, -0.2) is 16.1 Å². The smallest absolute Gasteiger partial charge is 0.335 e. The van der Waals surface area contributed by atoms with E-state index in [1.54, 1.807) is 6.07 Å². The first-order valence-electron chi connectivity index (χ1n) is 6.62. The number of benzene rings is 2. The number of oxazole rings is 1. The van der Waals surface area contributed by atoms with Gasteiger partial charge in [-0.3, -0.25) is 0 Å². The molecule has 6 nitrogen and oxygen atoms in total. The fourth-order valence-electron chi connectivity index (χ4n) is 2.09. The Bertz CT molecular complexity index is 992. The highest BCUT2D eigenvalue weighted by Gasteiger charge is 2.15. The van der Waals surface area contributed by atoms with Crippen LogP contribution in [-0.2, 0) is 6.61 Å². The van der Waals surface area contributed by atoms with E-state index in [0.717, 1.165) is 6.07 Å². The minimum absolute atomic E-state index is 0.0301. The normalized spacial score (nSPS) is 10.5. The van der Waals surface area contributed by atoms with Crippen LogP contribution >= 0.6 is 0 Å². The van der Waals surface area contributed by atoms with Crippen molar-refractivity contribution in [1.29, 1.82) is 5.26 Å². The lowest BCUT2D eigenvalue weighted by molar-refractivity contribution is 0.0697. The minimum Gasteiger partial charge on any atom is -0.479 e. The van der Waals surface area contributed by atoms with E-state index in [2.05, 4.69) is 4.98 Å². The topological polar surface area (TPSA) is 96.3 Å². The van der Waals surface area contributed by atoms with Crippen molar-refractivity contribution in [3.8, 4) is 11.8 Å². The SMILES string of the molecule is N#Cc1cc(F)cc(F)c1OCc1nc2ccc(C(=O)O)cc2o1. The van der Waals surface area contributed by atoms with Gasteiger partial charge in [-0.25, -0.2) is 18.6 Å². The van der Waals surface area contributed by atoms with Gasteiger partial charge in [-0.1, -0.05) is 0 Å². The molecule has 0 unspecified atom stereocenters. The lowest BCUT2D eigenvalue weighted by Crippen LogP contribution is -2.00. The maximum atomic E-state index is 13.7. The molecule has 0 radical (unpaired) electrons. The van der Waals surface area contributed by atoms with Gasteiger partial charge >= 0.3 is 5.97 Å². The molecule has 24 heavy (non-hydrogen) atoms. The molecule has 0 aliphatic heterocycles. The molecule has 1 heterocycles. The number of carboxylic acid groups (broad SMARTS) is 1. The molecule has 0 amide bonds. The Morgan fingerprint density at radius 2 is 2.12 bits per heavy atom. The standard InChI is InChI=1S/C16H8F2N2O4/c17-10-3-9(6-19)15(11(18)5-10)23-7-14-20-12-2-1-8(16(21)22)4-13(12)24-14/h1-5H,7H2,(H,21,22). The quantitative estimate of drug-likeness (QED) is 0.789. The van der Waals surface area contributed by atoms with Crippen molar-refractivity contribution in [3.63, 3.8) is 0 Å². The second-order valence-corrected chi connectivity index (χ2v) is 4.76. The van der Waals surface area contributed by atoms with Crippen LogP contribution in [0.4, 0.5) is 8.78 Å². The van der Waals surface area contributed by atoms with Crippen molar-refractivity contribution in [2.45, 2.75) is 6.61 Å². The largest absolute Gasteiger partial charge is 0.479 e. The van der Waals surface area contributed by atoms with Crippen molar-refractivity contribution in [2.24, 2.45) is 0 Å². The second kappa shape index (κ2) is 5.96. The van der Waals surface area contributed by atoms with Gasteiger partial charge in [0.2, 0.25) is 5.89 Å². The fraction of sp³-hybridized carbons (Fsp3) is 0.0625. The molecule has 3 rings (SSSR count). The van der Waals surface area contributed by atoms with Gasteiger partial charge in [0.25, 0.3) is 0 Å². The minimum atomic E-state index is -1.11. The summed E-state index contributed by atoms with van der Waals surface area (Å²) in [4.78, 5) is 15.0. The molecule has 0 saturated heterocycles. The van der Waals surface area contributed by atoms with Crippen LogP contribution in [0, 0.1) is 23.0 Å². The highest BCUT2D eigenvalue weighted by Crippen LogP contribution is 2.25. The molecule has 120 valence electrons. The molecule has 0 spiro atoms. The van der Waals surface area contributed by atoms with Gasteiger partial charge in [0.15, 0.2) is 23.8 Å². The van der Waals surface area contributed by atoms with Crippen molar-refractivity contribution < 1.29 is 27.8 Å². The molecule has 8 heteroatoms. The average Bonchev–Trinajstić information content (AvgIpc) is 2.94. The number of aromatic nitrogens is 1. The van der Waals surface area contributed by atoms with Crippen LogP contribution in [0.5, 0.6) is 5.75 Å². The Hall–Kier alpha value is -3.47. The summed E-state index contributed by atoms with van der Waals surface area (Å²) in [7, 11) is 0. The maximum absolute atomic E-state index is 13.7. The summed E-state index contributed by atoms with van der Waals surface area (Å²) in [6, 6.07) is 7.22. The van der Waals surface area contributed by atoms with Crippen molar-refractivity contribution >= 4 is 17.1 Å². The van der Waals surface area contributed by atoms with Crippen LogP contribution in [0.3, 0.4) is 0 Å². The highest BCUT2D eigenvalue weighted by atomic mass is 19.1. The summed E-state index contributed by atoms with van der Waals surface area (Å²) in [5, 5.41) is 17.8. The summed E-state index contributed by atoms with van der Waals surface area (Å²) in [5.41, 5.74) is 0.367. The lowest BCUT2D eigenvalue weighted by Gasteiger charge is -2.06. The fourth-order valence-corrected chi connectivity index (χ4v) is 2.09. The van der Waals surface area contributed by atoms with Crippen LogP contribution in [0.25, 0.3) is 11.1 Å². The zero-order valence-corrected chi connectivity index (χ0v) is 11.9. The number of nitrogens with zero attached hydrogens (tertiary/aromatic N) is 2. The van der Waals surface area contributed by atoms with Gasteiger partial charge in [0.1, 0.15) is 17.4 Å². The van der Waals surface area contributed by atoms with Crippen LogP contribution < -0.4 is 4.74 Å². The zero-order chi connectivity index (χ0) is 17.3. The summed E-state index contributed by atoms with van der Waals surface area (Å²) < 4.78 is 37.3. The van der Waals surface area contributed by atoms with Gasteiger partial charge in [-0.05, 0) is 24.3 Å². The number of carbonyl (C=O) groups is 1. The number of hydrogen-bond acceptors (Lipinski definition) is 5. The molecule has 0 aliphatic rings. The number of aromatic carboxylic acids is 1. The zero-order valence-electron chi connectivity index (χ0n) is 11.9. The molecule has 3 aromatic rings. The highest BCUT2D eigenvalue weighted by molar-refractivity contribution is 5.91. The summed E-state index contributed by atoms with van der Waals surface area (Å²) in [6.45, 7) is -0.311. The van der Waals surface area contributed by atoms with E-state index < -0.39 is 23.4 Å². The van der Waals surface area contributed by atoms with Crippen LogP contribution in [0.2, 0.25) is 0 Å². The van der Waals surface area contributed by atoms with Gasteiger partial charge in [-0.15, -0.1) is 0 Å². The number of carboxylic acids is 1. The monoisotopic (exact) mass is 330 g/mol. The predicted octanol–water partition coefficient (Wildman–Crippen LogP) is 3.25. The Kier molecular flexibility index (Phi) is 3.83. The van der Waals surface area contributed by atoms with E-state index >= 15 is 0 Å². The van der Waals surface area contributed by atoms with Gasteiger partial charge in [-0.2, -0.15) is 5.26 Å². The van der Waals surface area contributed by atoms with Gasteiger partial charge < -0.3 is 14.3 Å². The predicted molar refractivity (Wildman–Crippen MR) is 76.4 cm³/mol. The molecule has 1 N–H and O–H groups in total. The molecule has 2 aromatic carbocycles. The Morgan fingerprint density at radius 3 is 2.83 bits per heavy atom. The van der Waals surface area contributed by atoms with E-state index in [-0.39, 0.29) is 29.2 Å². The molecular formula is C16H8F2N2O4. The van der Waals surface area contributed by atoms with Crippen molar-refractivity contribution in [1.82, 2.24) is 4.98 Å². The Morgan fingerprint density at radius 1 is 1.33 bits per heavy atom. The van der Waals surface area contributed by atoms with E-state index in [0.29, 0.717) is 11.6 Å². The third kappa shape index (κ3) is 2.87. The van der Waals surface area contributed by atoms with Gasteiger partial charge in [0, 0.05) is 6.07 Å². The molecular weight excluding hydrogens is 322 g/mol. The molecule has 0 atom stereocenters. The molecule has 0 bridgehead atoms. The number of hydrogen-bond donors (Lipinski definition) is 1. The lowest BCUT2D eigenvalue weighted by atomic mass is 10.2. The maximum Gasteiger partial charge on any atom is 0.335 e. The summed E-state index contributed by atoms with van der Waals surface area (Å²) in [5.74, 6) is -3.37. The first-order valence-corrected chi connectivity index (χ1v) is 6.62. The molecule has 1 aromatic heterocycles. The van der Waals surface area contributed by atoms with E-state index in [1.165, 1.54) is 18.2 Å². The van der Waals surface area contributed by atoms with Crippen molar-refractivity contribution in [3.05, 3.63) is 59.0 Å². The molecule has 0 aliphatic carbocycles. The molecule has 0 saturated carbocycles. The van der Waals surface area contributed by atoms with E-state index in [1.807, 2.05) is 0 Å². The first kappa shape index (κ1) is 15.4. The van der Waals surface area contributed by atoms with E-state index in [4.69, 9.17) is 19.5 Å². The number of nitriles is 1. The van der Waals surface area contributed by atoms with Crippen LogP contribution in [0.1, 0.15) is 21.8 Å². The second-order valence-electron chi connectivity index (χ2n) is 4.76. The Balaban J connectivity index is 1.86. The summed E-state index contributed by atoms with van der Waals surface area (Å²) in [6.07, 6.45) is 0. The van der Waals surface area contributed by atoms with Crippen LogP contribution in [0.15, 0.2) is 34.7 Å². The Labute approximate surface area is 133 Å². The number of fused-ring (bicyclic) bond motifs is 1. The van der Waals surface area contributed by atoms with Gasteiger partial charge in [0.05, 0.1) is 11.1 Å². The van der Waals surface area contributed by atoms with Crippen molar-refractivity contribution in [2.75, 3.05) is 0 Å².